The molecule has 0 radical (unpaired) electrons. The topological polar surface area (TPSA) is 50.7 Å². The van der Waals surface area contributed by atoms with Gasteiger partial charge in [0.05, 0.1) is 21.3 Å². The van der Waals surface area contributed by atoms with Gasteiger partial charge in [0.1, 0.15) is 5.82 Å². The first-order valence-electron chi connectivity index (χ1n) is 7.69. The van der Waals surface area contributed by atoms with Gasteiger partial charge < -0.3 is 5.32 Å². The molecule has 3 heterocycles. The van der Waals surface area contributed by atoms with Crippen molar-refractivity contribution in [1.29, 1.82) is 0 Å². The van der Waals surface area contributed by atoms with E-state index < -0.39 is 0 Å². The summed E-state index contributed by atoms with van der Waals surface area (Å²) < 4.78 is 0. The number of hydrogen-bond acceptors (Lipinski definition) is 6. The predicted octanol–water partition coefficient (Wildman–Crippen LogP) is 5.54. The Labute approximate surface area is 144 Å². The predicted molar refractivity (Wildman–Crippen MR) is 98.9 cm³/mol. The maximum absolute atomic E-state index is 4.71. The summed E-state index contributed by atoms with van der Waals surface area (Å²) in [7, 11) is 0. The monoisotopic (exact) mass is 344 g/mol. The molecule has 120 valence electrons. The maximum atomic E-state index is 4.71. The molecule has 0 fully saturated rings. The Kier molecular flexibility index (Phi) is 4.73. The molecule has 0 saturated heterocycles. The van der Waals surface area contributed by atoms with Crippen LogP contribution in [0.25, 0.3) is 10.6 Å². The third kappa shape index (κ3) is 3.59. The van der Waals surface area contributed by atoms with E-state index in [1.165, 1.54) is 9.88 Å². The average molecular weight is 345 g/mol. The summed E-state index contributed by atoms with van der Waals surface area (Å²) in [5.41, 5.74) is 3.21. The van der Waals surface area contributed by atoms with Crippen molar-refractivity contribution < 1.29 is 0 Å². The van der Waals surface area contributed by atoms with Gasteiger partial charge in [0.2, 0.25) is 0 Å². The fraction of sp³-hybridized carbons (Fsp3) is 0.353. The third-order valence-electron chi connectivity index (χ3n) is 3.73. The Hall–Kier alpha value is -1.79. The molecule has 0 aliphatic heterocycles. The fourth-order valence-corrected chi connectivity index (χ4v) is 4.07. The second kappa shape index (κ2) is 6.76. The number of pyridine rings is 1. The zero-order valence-electron chi connectivity index (χ0n) is 13.8. The van der Waals surface area contributed by atoms with Crippen LogP contribution in [0.5, 0.6) is 0 Å². The van der Waals surface area contributed by atoms with Crippen molar-refractivity contribution in [2.75, 3.05) is 5.32 Å². The largest absolute Gasteiger partial charge is 0.316 e. The van der Waals surface area contributed by atoms with E-state index in [1.807, 2.05) is 25.3 Å². The Balaban J connectivity index is 1.81. The van der Waals surface area contributed by atoms with Crippen molar-refractivity contribution in [3.63, 3.8) is 0 Å². The van der Waals surface area contributed by atoms with Gasteiger partial charge in [0.15, 0.2) is 5.13 Å². The van der Waals surface area contributed by atoms with Gasteiger partial charge in [-0.2, -0.15) is 0 Å². The van der Waals surface area contributed by atoms with Crippen molar-refractivity contribution in [2.24, 2.45) is 0 Å². The van der Waals surface area contributed by atoms with Gasteiger partial charge in [-0.25, -0.2) is 15.0 Å². The number of rotatable bonds is 5. The molecule has 0 amide bonds. The molecule has 3 rings (SSSR count). The first-order valence-corrected chi connectivity index (χ1v) is 9.39. The van der Waals surface area contributed by atoms with Gasteiger partial charge in [-0.05, 0) is 31.9 Å². The number of thiazole rings is 2. The van der Waals surface area contributed by atoms with Crippen molar-refractivity contribution in [2.45, 2.75) is 40.0 Å². The van der Waals surface area contributed by atoms with Crippen LogP contribution in [-0.4, -0.2) is 15.0 Å². The van der Waals surface area contributed by atoms with Gasteiger partial charge in [-0.15, -0.1) is 22.7 Å². The first-order chi connectivity index (χ1) is 11.1. The number of nitrogens with zero attached hydrogens (tertiary/aromatic N) is 3. The molecule has 1 N–H and O–H groups in total. The van der Waals surface area contributed by atoms with E-state index in [1.54, 1.807) is 22.7 Å². The van der Waals surface area contributed by atoms with Crippen LogP contribution in [0, 0.1) is 13.8 Å². The van der Waals surface area contributed by atoms with Crippen molar-refractivity contribution in [3.05, 3.63) is 40.0 Å². The molecular formula is C17H20N4S2. The zero-order chi connectivity index (χ0) is 16.4. The smallest absolute Gasteiger partial charge is 0.188 e. The Morgan fingerprint density at radius 1 is 1.22 bits per heavy atom. The van der Waals surface area contributed by atoms with Crippen LogP contribution >= 0.6 is 22.7 Å². The first kappa shape index (κ1) is 16.1. The summed E-state index contributed by atoms with van der Waals surface area (Å²) in [6, 6.07) is 4.00. The molecule has 0 spiro atoms. The zero-order valence-corrected chi connectivity index (χ0v) is 15.4. The van der Waals surface area contributed by atoms with Gasteiger partial charge >= 0.3 is 0 Å². The van der Waals surface area contributed by atoms with Crippen LogP contribution in [0.2, 0.25) is 0 Å². The molecule has 0 aliphatic carbocycles. The van der Waals surface area contributed by atoms with E-state index in [2.05, 4.69) is 36.5 Å². The lowest BCUT2D eigenvalue weighted by Gasteiger charge is -2.01. The highest BCUT2D eigenvalue weighted by Crippen LogP contribution is 2.36. The lowest BCUT2D eigenvalue weighted by atomic mass is 10.1. The maximum Gasteiger partial charge on any atom is 0.188 e. The highest BCUT2D eigenvalue weighted by molar-refractivity contribution is 7.17. The molecule has 23 heavy (non-hydrogen) atoms. The summed E-state index contributed by atoms with van der Waals surface area (Å²) in [5, 5.41) is 7.40. The molecular weight excluding hydrogens is 324 g/mol. The minimum absolute atomic E-state index is 0.500. The summed E-state index contributed by atoms with van der Waals surface area (Å²) in [5.74, 6) is 1.32. The van der Waals surface area contributed by atoms with Gasteiger partial charge in [-0.1, -0.05) is 19.9 Å². The Morgan fingerprint density at radius 2 is 2.04 bits per heavy atom. The number of aromatic nitrogens is 3. The molecule has 0 aliphatic rings. The highest BCUT2D eigenvalue weighted by Gasteiger charge is 2.16. The lowest BCUT2D eigenvalue weighted by Crippen LogP contribution is -1.92. The highest BCUT2D eigenvalue weighted by atomic mass is 32.1. The minimum Gasteiger partial charge on any atom is -0.316 e. The molecule has 4 nitrogen and oxygen atoms in total. The summed E-state index contributed by atoms with van der Waals surface area (Å²) in [6.45, 7) is 8.51. The summed E-state index contributed by atoms with van der Waals surface area (Å²) in [4.78, 5) is 14.9. The standard InChI is InChI=1S/C17H20N4S2/c1-5-11(3)16-19-12(4)15(23-16)13-9-22-17(20-13)21-14-7-6-10(2)8-18-14/h6-9,11H,5H2,1-4H3,(H,18,20,21). The van der Waals surface area contributed by atoms with Crippen molar-refractivity contribution in [1.82, 2.24) is 15.0 Å². The van der Waals surface area contributed by atoms with Crippen LogP contribution in [0.4, 0.5) is 10.9 Å². The van der Waals surface area contributed by atoms with Crippen molar-refractivity contribution >= 4 is 33.6 Å². The fourth-order valence-electron chi connectivity index (χ4n) is 2.13. The van der Waals surface area contributed by atoms with Gasteiger partial charge in [0, 0.05) is 17.5 Å². The molecule has 1 unspecified atom stereocenters. The normalized spacial score (nSPS) is 12.3. The molecule has 0 saturated carbocycles. The molecule has 1 atom stereocenters. The van der Waals surface area contributed by atoms with Crippen LogP contribution in [0.3, 0.4) is 0 Å². The SMILES string of the molecule is CCC(C)c1nc(C)c(-c2csc(Nc3ccc(C)cn3)n2)s1. The number of anilines is 2. The third-order valence-corrected chi connectivity index (χ3v) is 5.90. The quantitative estimate of drug-likeness (QED) is 0.660. The molecule has 6 heteroatoms. The second-order valence-corrected chi connectivity index (χ2v) is 7.55. The van der Waals surface area contributed by atoms with Crippen LogP contribution in [0.1, 0.15) is 42.5 Å². The van der Waals surface area contributed by atoms with E-state index in [0.29, 0.717) is 5.92 Å². The summed E-state index contributed by atoms with van der Waals surface area (Å²) in [6.07, 6.45) is 2.96. The molecule has 0 bridgehead atoms. The lowest BCUT2D eigenvalue weighted by molar-refractivity contribution is 0.724. The van der Waals surface area contributed by atoms with Crippen LogP contribution in [-0.2, 0) is 0 Å². The molecule has 3 aromatic rings. The van der Waals surface area contributed by atoms with Crippen LogP contribution < -0.4 is 5.32 Å². The van der Waals surface area contributed by atoms with Crippen molar-refractivity contribution in [3.8, 4) is 10.6 Å². The Morgan fingerprint density at radius 3 is 2.74 bits per heavy atom. The second-order valence-electron chi connectivity index (χ2n) is 5.66. The van der Waals surface area contributed by atoms with E-state index >= 15 is 0 Å². The number of nitrogens with one attached hydrogen (secondary N) is 1. The summed E-state index contributed by atoms with van der Waals surface area (Å²) >= 11 is 3.35. The minimum atomic E-state index is 0.500. The number of aryl methyl sites for hydroxylation is 2. The number of hydrogen-bond donors (Lipinski definition) is 1. The van der Waals surface area contributed by atoms with E-state index in [-0.39, 0.29) is 0 Å². The Bertz CT molecular complexity index is 789. The van der Waals surface area contributed by atoms with Crippen LogP contribution in [0.15, 0.2) is 23.7 Å². The molecule has 0 aromatic carbocycles. The van der Waals surface area contributed by atoms with E-state index in [4.69, 9.17) is 9.97 Å². The average Bonchev–Trinajstić information content (AvgIpc) is 3.15. The van der Waals surface area contributed by atoms with E-state index in [0.717, 1.165) is 34.3 Å². The van der Waals surface area contributed by atoms with E-state index in [9.17, 15) is 0 Å². The van der Waals surface area contributed by atoms with Gasteiger partial charge in [-0.3, -0.25) is 0 Å². The molecule has 3 aromatic heterocycles. The van der Waals surface area contributed by atoms with Gasteiger partial charge in [0.25, 0.3) is 0 Å².